The number of carboxylic acids is 1. The summed E-state index contributed by atoms with van der Waals surface area (Å²) < 4.78 is 49.7. The maximum atomic E-state index is 14.6. The number of thiazole rings is 1. The molecule has 3 aliphatic rings. The Kier molecular flexibility index (Phi) is 5.16. The lowest BCUT2D eigenvalue weighted by Crippen LogP contribution is -2.42. The molecule has 0 unspecified atom stereocenters. The predicted octanol–water partition coefficient (Wildman–Crippen LogP) is 6.41. The van der Waals surface area contributed by atoms with Crippen molar-refractivity contribution in [1.82, 2.24) is 15.1 Å². The Morgan fingerprint density at radius 1 is 1.08 bits per heavy atom. The van der Waals surface area contributed by atoms with Crippen LogP contribution in [0.4, 0.5) is 18.3 Å². The first-order valence-electron chi connectivity index (χ1n) is 12.4. The number of rotatable bonds is 5. The van der Waals surface area contributed by atoms with E-state index in [0.717, 1.165) is 56.1 Å². The standard InChI is InChI=1S/C27H21F3N4O3S/c28-16-7-14(25(35)36)8-19-22(16)32-26(38-19)34-5-3-27(4-6-34)9-15(10-27)20-23(33-37-24(20)13-1-2-13)21-17(29)11-31-12-18(21)30/h7-9,11-13H,1-6,10H2,(H,35,36). The van der Waals surface area contributed by atoms with Crippen molar-refractivity contribution in [2.75, 3.05) is 18.0 Å². The van der Waals surface area contributed by atoms with Gasteiger partial charge in [0.25, 0.3) is 0 Å². The van der Waals surface area contributed by atoms with Crippen LogP contribution in [0, 0.1) is 22.9 Å². The summed E-state index contributed by atoms with van der Waals surface area (Å²) in [6.07, 6.45) is 8.52. The molecule has 4 heterocycles. The number of benzene rings is 1. The van der Waals surface area contributed by atoms with Crippen molar-refractivity contribution >= 4 is 38.2 Å². The molecule has 2 fully saturated rings. The molecule has 38 heavy (non-hydrogen) atoms. The molecule has 3 aromatic heterocycles. The van der Waals surface area contributed by atoms with Crippen LogP contribution in [-0.4, -0.2) is 39.3 Å². The number of hydrogen-bond acceptors (Lipinski definition) is 7. The molecule has 11 heteroatoms. The van der Waals surface area contributed by atoms with Crippen LogP contribution in [0.15, 0.2) is 35.1 Å². The van der Waals surface area contributed by atoms with E-state index < -0.39 is 23.4 Å². The van der Waals surface area contributed by atoms with Gasteiger partial charge in [-0.3, -0.25) is 4.98 Å². The summed E-state index contributed by atoms with van der Waals surface area (Å²) in [4.78, 5) is 21.4. The smallest absolute Gasteiger partial charge is 0.335 e. The number of fused-ring (bicyclic) bond motifs is 1. The van der Waals surface area contributed by atoms with Gasteiger partial charge in [-0.1, -0.05) is 22.6 Å². The molecule has 1 spiro atoms. The summed E-state index contributed by atoms with van der Waals surface area (Å²) in [5.41, 5.74) is 1.73. The molecule has 2 aliphatic carbocycles. The second-order valence-corrected chi connectivity index (χ2v) is 11.3. The zero-order chi connectivity index (χ0) is 26.2. The lowest BCUT2D eigenvalue weighted by molar-refractivity contribution is 0.0696. The quantitative estimate of drug-likeness (QED) is 0.314. The van der Waals surface area contributed by atoms with Gasteiger partial charge in [0.2, 0.25) is 0 Å². The molecule has 1 aliphatic heterocycles. The van der Waals surface area contributed by atoms with Crippen molar-refractivity contribution in [3.63, 3.8) is 0 Å². The number of anilines is 1. The second kappa shape index (κ2) is 8.39. The highest BCUT2D eigenvalue weighted by atomic mass is 32.1. The van der Waals surface area contributed by atoms with Gasteiger partial charge >= 0.3 is 5.97 Å². The third kappa shape index (κ3) is 3.71. The zero-order valence-corrected chi connectivity index (χ0v) is 20.8. The molecular weight excluding hydrogens is 517 g/mol. The Balaban J connectivity index is 1.14. The Morgan fingerprint density at radius 2 is 1.79 bits per heavy atom. The molecule has 4 aromatic rings. The zero-order valence-electron chi connectivity index (χ0n) is 20.0. The number of carbonyl (C=O) groups is 1. The highest BCUT2D eigenvalue weighted by Crippen LogP contribution is 2.56. The van der Waals surface area contributed by atoms with Crippen molar-refractivity contribution in [3.05, 3.63) is 64.9 Å². The topological polar surface area (TPSA) is 92.3 Å². The SMILES string of the molecule is O=C(O)c1cc(F)c2nc(N3CCC4(C=C(c5c(-c6c(F)cncc6F)noc5C5CC5)C4)CC3)sc2c1. The van der Waals surface area contributed by atoms with E-state index in [1.807, 2.05) is 0 Å². The Morgan fingerprint density at radius 3 is 2.45 bits per heavy atom. The minimum absolute atomic E-state index is 0.0467. The fraction of sp³-hybridized carbons (Fsp3) is 0.333. The number of piperidine rings is 1. The van der Waals surface area contributed by atoms with Crippen molar-refractivity contribution in [2.45, 2.75) is 38.0 Å². The maximum absolute atomic E-state index is 14.6. The minimum Gasteiger partial charge on any atom is -0.478 e. The van der Waals surface area contributed by atoms with E-state index >= 15 is 0 Å². The Labute approximate surface area is 218 Å². The molecule has 194 valence electrons. The van der Waals surface area contributed by atoms with Crippen LogP contribution in [0.2, 0.25) is 0 Å². The van der Waals surface area contributed by atoms with Gasteiger partial charge in [0.05, 0.1) is 28.2 Å². The maximum Gasteiger partial charge on any atom is 0.335 e. The van der Waals surface area contributed by atoms with E-state index in [1.165, 1.54) is 17.4 Å². The number of allylic oxidation sites excluding steroid dienone is 2. The molecular formula is C27H21F3N4O3S. The van der Waals surface area contributed by atoms with Gasteiger partial charge in [-0.15, -0.1) is 0 Å². The van der Waals surface area contributed by atoms with Crippen LogP contribution in [-0.2, 0) is 0 Å². The molecule has 0 bridgehead atoms. The molecule has 0 radical (unpaired) electrons. The highest BCUT2D eigenvalue weighted by molar-refractivity contribution is 7.22. The third-order valence-corrected chi connectivity index (χ3v) is 8.88. The van der Waals surface area contributed by atoms with Gasteiger partial charge in [0, 0.05) is 24.6 Å². The monoisotopic (exact) mass is 538 g/mol. The summed E-state index contributed by atoms with van der Waals surface area (Å²) >= 11 is 1.29. The number of carboxylic acid groups (broad SMARTS) is 1. The van der Waals surface area contributed by atoms with Gasteiger partial charge in [-0.2, -0.15) is 0 Å². The Bertz CT molecular complexity index is 1630. The first kappa shape index (κ1) is 23.4. The molecule has 7 nitrogen and oxygen atoms in total. The van der Waals surface area contributed by atoms with Crippen LogP contribution in [0.1, 0.15) is 59.7 Å². The molecule has 1 aromatic carbocycles. The summed E-state index contributed by atoms with van der Waals surface area (Å²) in [5, 5.41) is 14.0. The summed E-state index contributed by atoms with van der Waals surface area (Å²) in [6, 6.07) is 2.45. The lowest BCUT2D eigenvalue weighted by Gasteiger charge is -2.46. The minimum atomic E-state index is -1.18. The van der Waals surface area contributed by atoms with Crippen LogP contribution in [0.5, 0.6) is 0 Å². The third-order valence-electron chi connectivity index (χ3n) is 7.81. The predicted molar refractivity (Wildman–Crippen MR) is 135 cm³/mol. The first-order chi connectivity index (χ1) is 18.3. The molecule has 0 amide bonds. The largest absolute Gasteiger partial charge is 0.478 e. The van der Waals surface area contributed by atoms with Crippen LogP contribution < -0.4 is 4.90 Å². The van der Waals surface area contributed by atoms with Crippen molar-refractivity contribution in [2.24, 2.45) is 5.41 Å². The summed E-state index contributed by atoms with van der Waals surface area (Å²) in [6.45, 7) is 1.41. The van der Waals surface area contributed by atoms with Crippen molar-refractivity contribution in [1.29, 1.82) is 0 Å². The van der Waals surface area contributed by atoms with E-state index in [0.29, 0.717) is 34.2 Å². The van der Waals surface area contributed by atoms with Crippen LogP contribution >= 0.6 is 11.3 Å². The second-order valence-electron chi connectivity index (χ2n) is 10.3. The van der Waals surface area contributed by atoms with Crippen LogP contribution in [0.3, 0.4) is 0 Å². The van der Waals surface area contributed by atoms with E-state index in [1.54, 1.807) is 0 Å². The van der Waals surface area contributed by atoms with E-state index in [2.05, 4.69) is 26.1 Å². The van der Waals surface area contributed by atoms with Gasteiger partial charge in [-0.25, -0.2) is 22.9 Å². The van der Waals surface area contributed by atoms with Crippen LogP contribution in [0.25, 0.3) is 27.0 Å². The lowest BCUT2D eigenvalue weighted by atomic mass is 9.63. The van der Waals surface area contributed by atoms with E-state index in [9.17, 15) is 23.1 Å². The average molecular weight is 539 g/mol. The normalized spacial score (nSPS) is 18.6. The average Bonchev–Trinajstić information content (AvgIpc) is 3.47. The van der Waals surface area contributed by atoms with Crippen molar-refractivity contribution < 1.29 is 27.6 Å². The molecule has 1 saturated carbocycles. The number of hydrogen-bond donors (Lipinski definition) is 1. The molecule has 1 N–H and O–H groups in total. The van der Waals surface area contributed by atoms with Crippen molar-refractivity contribution in [3.8, 4) is 11.3 Å². The summed E-state index contributed by atoms with van der Waals surface area (Å²) in [5.74, 6) is -2.44. The molecule has 1 saturated heterocycles. The number of nitrogens with zero attached hydrogens (tertiary/aromatic N) is 4. The van der Waals surface area contributed by atoms with E-state index in [4.69, 9.17) is 4.52 Å². The van der Waals surface area contributed by atoms with Gasteiger partial charge in [0.1, 0.15) is 17.0 Å². The molecule has 7 rings (SSSR count). The Hall–Kier alpha value is -3.73. The van der Waals surface area contributed by atoms with Gasteiger partial charge < -0.3 is 14.5 Å². The summed E-state index contributed by atoms with van der Waals surface area (Å²) in [7, 11) is 0. The van der Waals surface area contributed by atoms with Gasteiger partial charge in [0.15, 0.2) is 22.6 Å². The number of aromatic carboxylic acids is 1. The number of pyridine rings is 1. The van der Waals surface area contributed by atoms with E-state index in [-0.39, 0.29) is 33.7 Å². The fourth-order valence-electron chi connectivity index (χ4n) is 5.63. The highest BCUT2D eigenvalue weighted by Gasteiger charge is 2.44. The number of halogens is 3. The fourth-order valence-corrected chi connectivity index (χ4v) is 6.70. The number of aromatic nitrogens is 3. The van der Waals surface area contributed by atoms with Gasteiger partial charge in [-0.05, 0) is 55.2 Å². The first-order valence-corrected chi connectivity index (χ1v) is 13.2. The molecule has 0 atom stereocenters.